The third kappa shape index (κ3) is 4.12. The summed E-state index contributed by atoms with van der Waals surface area (Å²) in [4.78, 5) is 14.2. The van der Waals surface area contributed by atoms with E-state index in [4.69, 9.17) is 4.42 Å². The Labute approximate surface area is 125 Å². The predicted octanol–water partition coefficient (Wildman–Crippen LogP) is 2.57. The molecule has 1 fully saturated rings. The molecule has 0 aromatic carbocycles. The van der Waals surface area contributed by atoms with Crippen LogP contribution in [-0.2, 0) is 11.3 Å². The van der Waals surface area contributed by atoms with Gasteiger partial charge in [-0.25, -0.2) is 0 Å². The molecule has 1 atom stereocenters. The minimum absolute atomic E-state index is 0.155. The van der Waals surface area contributed by atoms with Crippen molar-refractivity contribution in [3.8, 4) is 6.07 Å². The molecule has 5 heteroatoms. The Morgan fingerprint density at radius 1 is 1.62 bits per heavy atom. The maximum absolute atomic E-state index is 12.1. The number of rotatable bonds is 5. The molecule has 0 aliphatic carbocycles. The summed E-state index contributed by atoms with van der Waals surface area (Å²) < 4.78 is 5.15. The van der Waals surface area contributed by atoms with Crippen LogP contribution in [0.15, 0.2) is 34.6 Å². The van der Waals surface area contributed by atoms with Crippen LogP contribution in [0.2, 0.25) is 0 Å². The van der Waals surface area contributed by atoms with Crippen LogP contribution in [0, 0.1) is 11.3 Å². The van der Waals surface area contributed by atoms with Crippen LogP contribution in [0.5, 0.6) is 0 Å². The molecule has 1 aromatic heterocycles. The molecule has 0 bridgehead atoms. The molecule has 1 N–H and O–H groups in total. The highest BCUT2D eigenvalue weighted by molar-refractivity contribution is 5.97. The van der Waals surface area contributed by atoms with Crippen molar-refractivity contribution in [2.75, 3.05) is 6.54 Å². The summed E-state index contributed by atoms with van der Waals surface area (Å²) in [6.07, 6.45) is 7.75. The number of hydrogen-bond acceptors (Lipinski definition) is 4. The number of nitriles is 1. The zero-order chi connectivity index (χ0) is 15.1. The van der Waals surface area contributed by atoms with E-state index in [0.29, 0.717) is 18.3 Å². The zero-order valence-corrected chi connectivity index (χ0v) is 12.3. The van der Waals surface area contributed by atoms with Gasteiger partial charge < -0.3 is 14.6 Å². The maximum Gasteiger partial charge on any atom is 0.263 e. The van der Waals surface area contributed by atoms with Crippen molar-refractivity contribution >= 4 is 5.91 Å². The molecule has 0 saturated carbocycles. The second-order valence-electron chi connectivity index (χ2n) is 5.21. The zero-order valence-electron chi connectivity index (χ0n) is 12.3. The van der Waals surface area contributed by atoms with E-state index in [9.17, 15) is 10.1 Å². The van der Waals surface area contributed by atoms with Crippen molar-refractivity contribution in [3.05, 3.63) is 35.9 Å². The third-order valence-corrected chi connectivity index (χ3v) is 3.81. The van der Waals surface area contributed by atoms with Gasteiger partial charge in [-0.15, -0.1) is 0 Å². The van der Waals surface area contributed by atoms with Crippen LogP contribution in [0.25, 0.3) is 0 Å². The summed E-state index contributed by atoms with van der Waals surface area (Å²) in [6, 6.07) is 5.98. The topological polar surface area (TPSA) is 69.3 Å². The number of hydrogen-bond donors (Lipinski definition) is 1. The molecule has 1 amide bonds. The van der Waals surface area contributed by atoms with Crippen molar-refractivity contribution in [1.29, 1.82) is 5.26 Å². The normalized spacial score (nSPS) is 19.1. The van der Waals surface area contributed by atoms with Crippen molar-refractivity contribution in [1.82, 2.24) is 10.2 Å². The fourth-order valence-corrected chi connectivity index (χ4v) is 2.61. The van der Waals surface area contributed by atoms with Crippen LogP contribution >= 0.6 is 0 Å². The summed E-state index contributed by atoms with van der Waals surface area (Å²) in [5.74, 6) is 0.319. The number of furan rings is 1. The molecule has 2 rings (SSSR count). The van der Waals surface area contributed by atoms with Crippen LogP contribution < -0.4 is 5.32 Å². The van der Waals surface area contributed by atoms with E-state index < -0.39 is 0 Å². The highest BCUT2D eigenvalue weighted by Crippen LogP contribution is 2.20. The Morgan fingerprint density at radius 2 is 2.48 bits per heavy atom. The monoisotopic (exact) mass is 287 g/mol. The number of amides is 1. The molecule has 2 heterocycles. The summed E-state index contributed by atoms with van der Waals surface area (Å²) >= 11 is 0. The molecule has 5 nitrogen and oxygen atoms in total. The van der Waals surface area contributed by atoms with Gasteiger partial charge in [0, 0.05) is 18.8 Å². The summed E-state index contributed by atoms with van der Waals surface area (Å²) in [7, 11) is 0. The van der Waals surface area contributed by atoms with Gasteiger partial charge >= 0.3 is 0 Å². The SMILES string of the molecule is CCC1CCCCN1/C=C(/C#N)C(=O)NCc1ccco1. The molecule has 0 spiro atoms. The summed E-state index contributed by atoms with van der Waals surface area (Å²) in [5.41, 5.74) is 0.155. The molecule has 1 aliphatic rings. The number of likely N-dealkylation sites (tertiary alicyclic amines) is 1. The van der Waals surface area contributed by atoms with Gasteiger partial charge in [-0.2, -0.15) is 5.26 Å². The molecule has 21 heavy (non-hydrogen) atoms. The van der Waals surface area contributed by atoms with Gasteiger partial charge in [0.2, 0.25) is 0 Å². The minimum atomic E-state index is -0.352. The van der Waals surface area contributed by atoms with Gasteiger partial charge in [-0.05, 0) is 37.8 Å². The lowest BCUT2D eigenvalue weighted by Gasteiger charge is -2.34. The smallest absolute Gasteiger partial charge is 0.263 e. The second kappa shape index (κ2) is 7.53. The average Bonchev–Trinajstić information content (AvgIpc) is 3.04. The van der Waals surface area contributed by atoms with E-state index in [0.717, 1.165) is 25.8 Å². The first-order valence-electron chi connectivity index (χ1n) is 7.42. The van der Waals surface area contributed by atoms with Crippen LogP contribution in [-0.4, -0.2) is 23.4 Å². The number of piperidine rings is 1. The lowest BCUT2D eigenvalue weighted by Crippen LogP contribution is -2.36. The second-order valence-corrected chi connectivity index (χ2v) is 5.21. The maximum atomic E-state index is 12.1. The first-order chi connectivity index (χ1) is 10.2. The summed E-state index contributed by atoms with van der Waals surface area (Å²) in [5, 5.41) is 11.9. The van der Waals surface area contributed by atoms with E-state index in [1.807, 2.05) is 6.07 Å². The van der Waals surface area contributed by atoms with E-state index in [1.54, 1.807) is 24.6 Å². The molecule has 0 radical (unpaired) electrons. The Balaban J connectivity index is 1.98. The molecule has 112 valence electrons. The van der Waals surface area contributed by atoms with Crippen molar-refractivity contribution < 1.29 is 9.21 Å². The first kappa shape index (κ1) is 15.2. The van der Waals surface area contributed by atoms with Crippen LogP contribution in [0.3, 0.4) is 0 Å². The van der Waals surface area contributed by atoms with Crippen molar-refractivity contribution in [2.45, 2.75) is 45.2 Å². The van der Waals surface area contributed by atoms with Gasteiger partial charge in [0.1, 0.15) is 17.4 Å². The van der Waals surface area contributed by atoms with Gasteiger partial charge in [-0.1, -0.05) is 6.92 Å². The lowest BCUT2D eigenvalue weighted by atomic mass is 10.0. The molecule has 1 aromatic rings. The Bertz CT molecular complexity index is 528. The molecule has 1 unspecified atom stereocenters. The predicted molar refractivity (Wildman–Crippen MR) is 78.9 cm³/mol. The molecule has 1 aliphatic heterocycles. The number of carbonyl (C=O) groups is 1. The molecular formula is C16H21N3O2. The largest absolute Gasteiger partial charge is 0.467 e. The Hall–Kier alpha value is -2.22. The highest BCUT2D eigenvalue weighted by atomic mass is 16.3. The van der Waals surface area contributed by atoms with E-state index in [2.05, 4.69) is 17.1 Å². The summed E-state index contributed by atoms with van der Waals surface area (Å²) in [6.45, 7) is 3.34. The quantitative estimate of drug-likeness (QED) is 0.667. The van der Waals surface area contributed by atoms with Gasteiger partial charge in [0.25, 0.3) is 5.91 Å². The van der Waals surface area contributed by atoms with Crippen LogP contribution in [0.1, 0.15) is 38.4 Å². The van der Waals surface area contributed by atoms with E-state index >= 15 is 0 Å². The Morgan fingerprint density at radius 3 is 3.14 bits per heavy atom. The van der Waals surface area contributed by atoms with Gasteiger partial charge in [0.05, 0.1) is 12.8 Å². The lowest BCUT2D eigenvalue weighted by molar-refractivity contribution is -0.117. The fourth-order valence-electron chi connectivity index (χ4n) is 2.61. The highest BCUT2D eigenvalue weighted by Gasteiger charge is 2.20. The third-order valence-electron chi connectivity index (χ3n) is 3.81. The van der Waals surface area contributed by atoms with E-state index in [-0.39, 0.29) is 11.5 Å². The number of nitrogens with one attached hydrogen (secondary N) is 1. The number of nitrogens with zero attached hydrogens (tertiary/aromatic N) is 2. The standard InChI is InChI=1S/C16H21N3O2/c1-2-14-6-3-4-8-19(14)12-13(10-17)16(20)18-11-15-7-5-9-21-15/h5,7,9,12,14H,2-4,6,8,11H2,1H3,(H,18,20)/b13-12-. The average molecular weight is 287 g/mol. The molecule has 1 saturated heterocycles. The first-order valence-corrected chi connectivity index (χ1v) is 7.42. The number of carbonyl (C=O) groups excluding carboxylic acids is 1. The van der Waals surface area contributed by atoms with Crippen LogP contribution in [0.4, 0.5) is 0 Å². The van der Waals surface area contributed by atoms with E-state index in [1.165, 1.54) is 6.42 Å². The fraction of sp³-hybridized carbons (Fsp3) is 0.500. The van der Waals surface area contributed by atoms with Crippen molar-refractivity contribution in [2.24, 2.45) is 0 Å². The van der Waals surface area contributed by atoms with Crippen molar-refractivity contribution in [3.63, 3.8) is 0 Å². The minimum Gasteiger partial charge on any atom is -0.467 e. The van der Waals surface area contributed by atoms with Gasteiger partial charge in [-0.3, -0.25) is 4.79 Å². The molecular weight excluding hydrogens is 266 g/mol. The van der Waals surface area contributed by atoms with Gasteiger partial charge in [0.15, 0.2) is 0 Å². The Kier molecular flexibility index (Phi) is 5.44.